The Balaban J connectivity index is 0.000000137. The maximum absolute atomic E-state index is 13.6. The van der Waals surface area contributed by atoms with Gasteiger partial charge in [0.15, 0.2) is 0 Å². The number of carbonyl (C=O) groups excluding carboxylic acids is 2. The number of aryl methyl sites for hydroxylation is 3. The minimum atomic E-state index is -0.498. The first kappa shape index (κ1) is 76.2. The van der Waals surface area contributed by atoms with Crippen LogP contribution < -0.4 is 34.1 Å². The molecule has 16 rings (SSSR count). The summed E-state index contributed by atoms with van der Waals surface area (Å²) in [6.45, 7) is 13.9. The second-order valence-corrected chi connectivity index (χ2v) is 27.5. The van der Waals surface area contributed by atoms with Crippen molar-refractivity contribution < 1.29 is 32.1 Å². The van der Waals surface area contributed by atoms with Crippen LogP contribution in [0, 0.1) is 38.2 Å². The summed E-state index contributed by atoms with van der Waals surface area (Å²) in [4.78, 5) is 60.6. The monoisotopic (exact) mass is 1590 g/mol. The number of amides is 2. The maximum Gasteiger partial charge on any atom is 0.498 e. The molecular formula is C79H70BBr2F3N20O4. The molecular weight excluding hydrogens is 1520 g/mol. The second-order valence-electron chi connectivity index (χ2n) is 26.1. The first-order chi connectivity index (χ1) is 52.2. The highest BCUT2D eigenvalue weighted by molar-refractivity contribution is 9.10. The standard InChI is InChI=1S/C25H20FN7O.C23H17FN6.C20H14BrFN4.C9H15BN2O2.C2H4BrNO/c1-14-19-8-16(4-7-22(19)30-13-29-14)20-9-21(17-10-31-33(11-17)12-23(27)34)25(28)32-24(20)15-2-5-18(26)6-3-15;1-13-18-8-15(4-7-21(18)27-12-26-13)19-9-20(16-10-28-29-11-16)23(25)30-22(19)14-2-5-17(24)6-3-14;1-11-15-8-13(4-7-18(15)25-10-24-11)16-9-17(21)20(23)26-19(16)12-2-5-14(22)6-3-12;1-8(2)9(3,4)14-10(13-8)7-5-11-12-6-7;3-1-2(4)5/h2-11,13H,12H2,1H3,(H2,27,34)(H2,28,32);2-12H,1H3,(H2,25,30)(H,28,29);2-10H,1H3,(H2,23,26);5-6H,1-4H3,(H,11,12);1H2,(H2,4,5). The van der Waals surface area contributed by atoms with Crippen molar-refractivity contribution in [1.82, 2.24) is 75.0 Å². The number of hydrogen-bond acceptors (Lipinski definition) is 19. The lowest BCUT2D eigenvalue weighted by Gasteiger charge is -2.32. The van der Waals surface area contributed by atoms with Gasteiger partial charge in [-0.15, -0.1) is 0 Å². The fraction of sp³-hybridized carbons (Fsp3) is 0.139. The molecule has 548 valence electrons. The number of nitrogen functional groups attached to an aromatic ring is 3. The number of halogens is 5. The molecule has 1 saturated heterocycles. The number of pyridine rings is 3. The number of anilines is 3. The Morgan fingerprint density at radius 3 is 1.22 bits per heavy atom. The minimum absolute atomic E-state index is 0.0438. The highest BCUT2D eigenvalue weighted by Crippen LogP contribution is 2.42. The molecule has 24 nitrogen and oxygen atoms in total. The fourth-order valence-electron chi connectivity index (χ4n) is 11.7. The molecule has 109 heavy (non-hydrogen) atoms. The van der Waals surface area contributed by atoms with Crippen LogP contribution in [0.3, 0.4) is 0 Å². The molecule has 0 bridgehead atoms. The lowest BCUT2D eigenvalue weighted by molar-refractivity contribution is -0.118. The molecule has 10 heterocycles. The number of nitrogens with one attached hydrogen (secondary N) is 2. The summed E-state index contributed by atoms with van der Waals surface area (Å²) in [5.41, 5.74) is 46.7. The van der Waals surface area contributed by atoms with Crippen LogP contribution >= 0.6 is 31.9 Å². The molecule has 0 aliphatic carbocycles. The van der Waals surface area contributed by atoms with E-state index in [1.165, 1.54) is 47.4 Å². The van der Waals surface area contributed by atoms with Crippen LogP contribution in [-0.2, 0) is 25.4 Å². The number of rotatable bonds is 12. The van der Waals surface area contributed by atoms with Crippen molar-refractivity contribution in [3.8, 4) is 89.4 Å². The minimum Gasteiger partial charge on any atom is -0.399 e. The quantitative estimate of drug-likeness (QED) is 0.0441. The van der Waals surface area contributed by atoms with Gasteiger partial charge in [-0.1, -0.05) is 34.1 Å². The van der Waals surface area contributed by atoms with E-state index in [0.29, 0.717) is 44.3 Å². The average Bonchev–Trinajstić information content (AvgIpc) is 1.77. The van der Waals surface area contributed by atoms with Crippen LogP contribution in [0.15, 0.2) is 206 Å². The van der Waals surface area contributed by atoms with Crippen molar-refractivity contribution in [2.24, 2.45) is 11.5 Å². The van der Waals surface area contributed by atoms with E-state index >= 15 is 0 Å². The normalized spacial score (nSPS) is 12.6. The van der Waals surface area contributed by atoms with Crippen LogP contribution in [0.25, 0.3) is 122 Å². The third-order valence-electron chi connectivity index (χ3n) is 18.1. The number of carbonyl (C=O) groups is 2. The predicted molar refractivity (Wildman–Crippen MR) is 425 cm³/mol. The highest BCUT2D eigenvalue weighted by Gasteiger charge is 2.52. The number of aromatic amines is 2. The lowest BCUT2D eigenvalue weighted by atomic mass is 9.82. The first-order valence-corrected chi connectivity index (χ1v) is 35.6. The Kier molecular flexibility index (Phi) is 22.8. The number of alkyl halides is 1. The van der Waals surface area contributed by atoms with Gasteiger partial charge in [-0.3, -0.25) is 24.5 Å². The Morgan fingerprint density at radius 1 is 0.468 bits per heavy atom. The summed E-state index contributed by atoms with van der Waals surface area (Å²) in [5.74, 6) is -0.724. The van der Waals surface area contributed by atoms with Crippen LogP contribution in [-0.4, -0.2) is 110 Å². The SMILES string of the molecule is CC1(C)OB(c2cn[nH]c2)OC1(C)C.Cc1ncnc2ccc(-c3cc(-c4cn[nH]c4)c(N)nc3-c3ccc(F)cc3)cc12.Cc1ncnc2ccc(-c3cc(-c4cnn(CC(N)=O)c4)c(N)nc3-c3ccc(F)cc3)cc12.Cc1ncnc2ccc(-c3cc(Br)c(N)nc3-c3ccc(F)cc3)cc12.NC(=O)CBr. The molecule has 1 aliphatic heterocycles. The average molecular weight is 1590 g/mol. The Hall–Kier alpha value is -12.5. The van der Waals surface area contributed by atoms with Gasteiger partial charge in [-0.05, 0) is 208 Å². The number of nitrogens with zero attached hydrogens (tertiary/aromatic N) is 13. The Bertz CT molecular complexity index is 5810. The highest BCUT2D eigenvalue weighted by atomic mass is 79.9. The summed E-state index contributed by atoms with van der Waals surface area (Å²) < 4.78 is 54.2. The summed E-state index contributed by atoms with van der Waals surface area (Å²) >= 11 is 6.29. The third kappa shape index (κ3) is 17.5. The van der Waals surface area contributed by atoms with Gasteiger partial charge in [0.25, 0.3) is 0 Å². The Morgan fingerprint density at radius 2 is 0.844 bits per heavy atom. The molecule has 0 radical (unpaired) electrons. The number of fused-ring (bicyclic) bond motifs is 3. The van der Waals surface area contributed by atoms with E-state index in [9.17, 15) is 22.8 Å². The molecule has 1 fully saturated rings. The van der Waals surface area contributed by atoms with Crippen LogP contribution in [0.5, 0.6) is 0 Å². The van der Waals surface area contributed by atoms with Crippen molar-refractivity contribution >= 4 is 106 Å². The molecule has 0 unspecified atom stereocenters. The van der Waals surface area contributed by atoms with Gasteiger partial charge in [0.1, 0.15) is 60.4 Å². The molecule has 6 aromatic carbocycles. The number of nitrogens with two attached hydrogens (primary N) is 5. The van der Waals surface area contributed by atoms with E-state index in [1.807, 2.05) is 121 Å². The van der Waals surface area contributed by atoms with Gasteiger partial charge in [0.05, 0.1) is 67.0 Å². The van der Waals surface area contributed by atoms with Gasteiger partial charge < -0.3 is 38.0 Å². The van der Waals surface area contributed by atoms with Crippen molar-refractivity contribution in [2.75, 3.05) is 22.5 Å². The predicted octanol–water partition coefficient (Wildman–Crippen LogP) is 14.2. The van der Waals surface area contributed by atoms with Crippen LogP contribution in [0.4, 0.5) is 30.6 Å². The van der Waals surface area contributed by atoms with Gasteiger partial charge in [-0.2, -0.15) is 15.3 Å². The van der Waals surface area contributed by atoms with Gasteiger partial charge in [0, 0.05) is 119 Å². The maximum atomic E-state index is 13.6. The smallest absolute Gasteiger partial charge is 0.399 e. The van der Waals surface area contributed by atoms with E-state index < -0.39 is 5.91 Å². The molecule has 15 aromatic rings. The van der Waals surface area contributed by atoms with Crippen molar-refractivity contribution in [3.05, 3.63) is 241 Å². The summed E-state index contributed by atoms with van der Waals surface area (Å²) in [7, 11) is -0.307. The summed E-state index contributed by atoms with van der Waals surface area (Å²) in [6, 6.07) is 42.3. The molecule has 2 amide bonds. The molecule has 0 saturated carbocycles. The van der Waals surface area contributed by atoms with E-state index in [4.69, 9.17) is 42.2 Å². The number of benzene rings is 6. The molecule has 9 aromatic heterocycles. The summed E-state index contributed by atoms with van der Waals surface area (Å²) in [5, 5.41) is 20.8. The number of primary amides is 2. The lowest BCUT2D eigenvalue weighted by Crippen LogP contribution is -2.41. The number of H-pyrrole nitrogens is 2. The Labute approximate surface area is 640 Å². The molecule has 0 atom stereocenters. The van der Waals surface area contributed by atoms with Crippen LogP contribution in [0.1, 0.15) is 44.8 Å². The number of aromatic nitrogens is 15. The zero-order chi connectivity index (χ0) is 77.4. The molecule has 30 heteroatoms. The second kappa shape index (κ2) is 32.7. The zero-order valence-electron chi connectivity index (χ0n) is 59.8. The van der Waals surface area contributed by atoms with Crippen molar-refractivity contribution in [2.45, 2.75) is 66.2 Å². The van der Waals surface area contributed by atoms with Crippen LogP contribution in [0.2, 0.25) is 0 Å². The van der Waals surface area contributed by atoms with Crippen molar-refractivity contribution in [3.63, 3.8) is 0 Å². The van der Waals surface area contributed by atoms with Gasteiger partial charge in [-0.25, -0.2) is 58.0 Å². The van der Waals surface area contributed by atoms with E-state index in [1.54, 1.807) is 86.2 Å². The largest absolute Gasteiger partial charge is 0.498 e. The number of hydrogen-bond donors (Lipinski definition) is 7. The summed E-state index contributed by atoms with van der Waals surface area (Å²) in [6.07, 6.45) is 14.9. The van der Waals surface area contributed by atoms with E-state index in [0.717, 1.165) is 116 Å². The first-order valence-electron chi connectivity index (χ1n) is 33.7. The third-order valence-corrected chi connectivity index (χ3v) is 19.3. The van der Waals surface area contributed by atoms with Gasteiger partial charge >= 0.3 is 7.12 Å². The van der Waals surface area contributed by atoms with E-state index in [-0.39, 0.29) is 59.4 Å². The topological polar surface area (TPSA) is 374 Å². The van der Waals surface area contributed by atoms with E-state index in [2.05, 4.69) is 98.0 Å². The fourth-order valence-corrected chi connectivity index (χ4v) is 12.1. The van der Waals surface area contributed by atoms with Crippen molar-refractivity contribution in [1.29, 1.82) is 0 Å². The molecule has 12 N–H and O–H groups in total. The molecule has 0 spiro atoms. The zero-order valence-corrected chi connectivity index (χ0v) is 62.9. The molecule has 1 aliphatic rings. The van der Waals surface area contributed by atoms with Gasteiger partial charge in [0.2, 0.25) is 11.8 Å².